The van der Waals surface area contributed by atoms with Crippen LogP contribution < -0.4 is 10.6 Å². The molecular formula is C25H28ClN5O3. The molecule has 1 aliphatic rings. The molecule has 2 heterocycles. The zero-order valence-corrected chi connectivity index (χ0v) is 20.0. The summed E-state index contributed by atoms with van der Waals surface area (Å²) < 4.78 is 1.43. The molecule has 34 heavy (non-hydrogen) atoms. The highest BCUT2D eigenvalue weighted by Crippen LogP contribution is 2.38. The SMILES string of the molecule is CCC(C)NC(=O)n1nc(-c2cc(NC(=O)c3cccnc3Cl)ccc2O)cc1C1CCCC1. The van der Waals surface area contributed by atoms with E-state index in [2.05, 4.69) is 20.7 Å². The molecule has 178 valence electrons. The number of hydrogen-bond donors (Lipinski definition) is 3. The maximum absolute atomic E-state index is 13.0. The molecule has 1 unspecified atom stereocenters. The van der Waals surface area contributed by atoms with Gasteiger partial charge in [-0.2, -0.15) is 9.78 Å². The quantitative estimate of drug-likeness (QED) is 0.315. The number of amides is 2. The minimum absolute atomic E-state index is 0.00219. The van der Waals surface area contributed by atoms with Crippen LogP contribution in [0.5, 0.6) is 5.75 Å². The van der Waals surface area contributed by atoms with Crippen molar-refractivity contribution in [1.29, 1.82) is 0 Å². The van der Waals surface area contributed by atoms with Crippen LogP contribution in [-0.2, 0) is 0 Å². The first kappa shape index (κ1) is 23.8. The first-order valence-electron chi connectivity index (χ1n) is 11.5. The predicted molar refractivity (Wildman–Crippen MR) is 131 cm³/mol. The van der Waals surface area contributed by atoms with Crippen molar-refractivity contribution in [1.82, 2.24) is 20.1 Å². The summed E-state index contributed by atoms with van der Waals surface area (Å²) in [6.07, 6.45) is 6.53. The van der Waals surface area contributed by atoms with Crippen molar-refractivity contribution in [2.24, 2.45) is 0 Å². The lowest BCUT2D eigenvalue weighted by atomic mass is 10.0. The average molecular weight is 482 g/mol. The van der Waals surface area contributed by atoms with Gasteiger partial charge in [0.1, 0.15) is 10.9 Å². The number of rotatable bonds is 6. The Balaban J connectivity index is 1.67. The minimum Gasteiger partial charge on any atom is -0.507 e. The van der Waals surface area contributed by atoms with Crippen molar-refractivity contribution in [3.63, 3.8) is 0 Å². The Kier molecular flexibility index (Phi) is 7.17. The molecule has 1 aliphatic carbocycles. The minimum atomic E-state index is -0.417. The van der Waals surface area contributed by atoms with Gasteiger partial charge in [-0.15, -0.1) is 0 Å². The van der Waals surface area contributed by atoms with Crippen LogP contribution in [0, 0.1) is 0 Å². The van der Waals surface area contributed by atoms with Crippen LogP contribution in [0.1, 0.15) is 67.9 Å². The van der Waals surface area contributed by atoms with Crippen molar-refractivity contribution in [2.75, 3.05) is 5.32 Å². The number of carbonyl (C=O) groups is 2. The number of aromatic nitrogens is 3. The third kappa shape index (κ3) is 5.07. The van der Waals surface area contributed by atoms with Crippen LogP contribution >= 0.6 is 11.6 Å². The molecule has 2 amide bonds. The normalized spacial score (nSPS) is 14.7. The molecule has 0 radical (unpaired) electrons. The Bertz CT molecular complexity index is 1200. The highest BCUT2D eigenvalue weighted by Gasteiger charge is 2.26. The van der Waals surface area contributed by atoms with E-state index in [0.29, 0.717) is 16.9 Å². The molecular weight excluding hydrogens is 454 g/mol. The average Bonchev–Trinajstić information content (AvgIpc) is 3.50. The van der Waals surface area contributed by atoms with Gasteiger partial charge >= 0.3 is 6.03 Å². The molecule has 9 heteroatoms. The van der Waals surface area contributed by atoms with E-state index in [1.807, 2.05) is 19.9 Å². The summed E-state index contributed by atoms with van der Waals surface area (Å²) in [6, 6.07) is 9.53. The third-order valence-corrected chi connectivity index (χ3v) is 6.52. The molecule has 4 rings (SSSR count). The van der Waals surface area contributed by atoms with E-state index in [4.69, 9.17) is 11.6 Å². The van der Waals surface area contributed by atoms with Gasteiger partial charge in [0.05, 0.1) is 17.0 Å². The van der Waals surface area contributed by atoms with Gasteiger partial charge in [-0.05, 0) is 62.6 Å². The topological polar surface area (TPSA) is 109 Å². The smallest absolute Gasteiger partial charge is 0.342 e. The first-order chi connectivity index (χ1) is 16.4. The Morgan fingerprint density at radius 3 is 2.71 bits per heavy atom. The lowest BCUT2D eigenvalue weighted by Gasteiger charge is -2.15. The second-order valence-electron chi connectivity index (χ2n) is 8.63. The van der Waals surface area contributed by atoms with Crippen LogP contribution in [0.15, 0.2) is 42.6 Å². The van der Waals surface area contributed by atoms with Crippen molar-refractivity contribution in [2.45, 2.75) is 57.9 Å². The number of hydrogen-bond acceptors (Lipinski definition) is 5. The van der Waals surface area contributed by atoms with E-state index in [1.54, 1.807) is 24.3 Å². The van der Waals surface area contributed by atoms with Crippen molar-refractivity contribution < 1.29 is 14.7 Å². The second-order valence-corrected chi connectivity index (χ2v) is 8.99. The monoisotopic (exact) mass is 481 g/mol. The number of carbonyl (C=O) groups excluding carboxylic acids is 2. The number of aromatic hydroxyl groups is 1. The van der Waals surface area contributed by atoms with E-state index >= 15 is 0 Å². The number of halogens is 1. The van der Waals surface area contributed by atoms with Gasteiger partial charge in [-0.3, -0.25) is 4.79 Å². The number of benzene rings is 1. The molecule has 3 aromatic rings. The standard InChI is InChI=1S/C25H28ClN5O3/c1-3-15(2)28-25(34)31-21(16-7-4-5-8-16)14-20(30-31)19-13-17(10-11-22(19)32)29-24(33)18-9-6-12-27-23(18)26/h6,9-16,32H,3-5,7-8H2,1-2H3,(H,28,34)(H,29,33). The first-order valence-corrected chi connectivity index (χ1v) is 11.9. The van der Waals surface area contributed by atoms with Crippen molar-refractivity contribution >= 4 is 29.2 Å². The van der Waals surface area contributed by atoms with E-state index in [0.717, 1.165) is 37.8 Å². The summed E-state index contributed by atoms with van der Waals surface area (Å²) >= 11 is 6.03. The molecule has 0 bridgehead atoms. The predicted octanol–water partition coefficient (Wildman–Crippen LogP) is 5.57. The number of pyridine rings is 1. The lowest BCUT2D eigenvalue weighted by molar-refractivity contribution is 0.102. The molecule has 3 N–H and O–H groups in total. The summed E-state index contributed by atoms with van der Waals surface area (Å²) in [7, 11) is 0. The number of phenols is 1. The van der Waals surface area contributed by atoms with Gasteiger partial charge in [0.25, 0.3) is 5.91 Å². The Morgan fingerprint density at radius 1 is 1.24 bits per heavy atom. The molecule has 2 aromatic heterocycles. The van der Waals surface area contributed by atoms with Crippen LogP contribution in [0.4, 0.5) is 10.5 Å². The maximum atomic E-state index is 13.0. The zero-order valence-electron chi connectivity index (χ0n) is 19.2. The summed E-state index contributed by atoms with van der Waals surface area (Å²) in [5.74, 6) is -0.177. The van der Waals surface area contributed by atoms with E-state index in [-0.39, 0.29) is 34.5 Å². The van der Waals surface area contributed by atoms with Crippen molar-refractivity contribution in [3.8, 4) is 17.0 Å². The fraction of sp³-hybridized carbons (Fsp3) is 0.360. The largest absolute Gasteiger partial charge is 0.507 e. The van der Waals surface area contributed by atoms with E-state index in [9.17, 15) is 14.7 Å². The molecule has 1 aromatic carbocycles. The van der Waals surface area contributed by atoms with Gasteiger partial charge in [-0.25, -0.2) is 9.78 Å². The third-order valence-electron chi connectivity index (χ3n) is 6.22. The van der Waals surface area contributed by atoms with Gasteiger partial charge < -0.3 is 15.7 Å². The summed E-state index contributed by atoms with van der Waals surface area (Å²) in [4.78, 5) is 29.6. The molecule has 8 nitrogen and oxygen atoms in total. The molecule has 1 fully saturated rings. The Hall–Kier alpha value is -3.39. The van der Waals surface area contributed by atoms with Gasteiger partial charge in [-0.1, -0.05) is 31.4 Å². The van der Waals surface area contributed by atoms with Crippen molar-refractivity contribution in [3.05, 3.63) is 59.0 Å². The van der Waals surface area contributed by atoms with E-state index < -0.39 is 5.91 Å². The second kappa shape index (κ2) is 10.3. The van der Waals surface area contributed by atoms with E-state index in [1.165, 1.54) is 16.9 Å². The zero-order chi connectivity index (χ0) is 24.2. The van der Waals surface area contributed by atoms with Crippen LogP contribution in [0.3, 0.4) is 0 Å². The van der Waals surface area contributed by atoms with Crippen LogP contribution in [0.25, 0.3) is 11.3 Å². The molecule has 1 saturated carbocycles. The van der Waals surface area contributed by atoms with Crippen LogP contribution in [-0.4, -0.2) is 37.9 Å². The number of nitrogens with zero attached hydrogens (tertiary/aromatic N) is 3. The molecule has 0 saturated heterocycles. The lowest BCUT2D eigenvalue weighted by Crippen LogP contribution is -2.37. The summed E-state index contributed by atoms with van der Waals surface area (Å²) in [5.41, 5.74) is 2.43. The summed E-state index contributed by atoms with van der Waals surface area (Å²) in [5, 5.41) is 21.0. The highest BCUT2D eigenvalue weighted by molar-refractivity contribution is 6.33. The Labute approximate surface area is 203 Å². The molecule has 1 atom stereocenters. The number of nitrogens with one attached hydrogen (secondary N) is 2. The molecule has 0 spiro atoms. The fourth-order valence-corrected chi connectivity index (χ4v) is 4.35. The van der Waals surface area contributed by atoms with Crippen LogP contribution in [0.2, 0.25) is 5.15 Å². The molecule has 0 aliphatic heterocycles. The van der Waals surface area contributed by atoms with Gasteiger partial charge in [0.15, 0.2) is 0 Å². The number of anilines is 1. The number of phenolic OH excluding ortho intramolecular Hbond substituents is 1. The van der Waals surface area contributed by atoms with Gasteiger partial charge in [0, 0.05) is 29.4 Å². The fourth-order valence-electron chi connectivity index (χ4n) is 4.15. The highest BCUT2D eigenvalue weighted by atomic mass is 35.5. The van der Waals surface area contributed by atoms with Gasteiger partial charge in [0.2, 0.25) is 0 Å². The maximum Gasteiger partial charge on any atom is 0.342 e. The Morgan fingerprint density at radius 2 is 2.00 bits per heavy atom. The summed E-state index contributed by atoms with van der Waals surface area (Å²) in [6.45, 7) is 3.96.